The van der Waals surface area contributed by atoms with Gasteiger partial charge in [-0.15, -0.1) is 0 Å². The second-order valence-corrected chi connectivity index (χ2v) is 19.3. The summed E-state index contributed by atoms with van der Waals surface area (Å²) in [5.41, 5.74) is 2.44. The van der Waals surface area contributed by atoms with Gasteiger partial charge in [-0.25, -0.2) is 0 Å². The lowest BCUT2D eigenvalue weighted by atomic mass is 10.1. The summed E-state index contributed by atoms with van der Waals surface area (Å²) in [5, 5.41) is 10.9. The van der Waals surface area contributed by atoms with E-state index < -0.39 is 14.5 Å². The summed E-state index contributed by atoms with van der Waals surface area (Å²) in [7, 11) is -4.29. The van der Waals surface area contributed by atoms with Crippen LogP contribution in [0.4, 0.5) is 0 Å². The maximum Gasteiger partial charge on any atom is 0.144 e. The van der Waals surface area contributed by atoms with Gasteiger partial charge in [0, 0.05) is 0 Å². The molecule has 8 aromatic rings. The average molecular weight is 837 g/mol. The summed E-state index contributed by atoms with van der Waals surface area (Å²) >= 11 is 0. The van der Waals surface area contributed by atoms with Gasteiger partial charge in [0.05, 0.1) is 0 Å². The molecule has 8 rings (SSSR count). The zero-order chi connectivity index (χ0) is 33.6. The third kappa shape index (κ3) is 6.78. The molecule has 0 aliphatic carbocycles. The third-order valence-corrected chi connectivity index (χ3v) is 18.3. The minimum absolute atomic E-state index is 0. The van der Waals surface area contributed by atoms with Gasteiger partial charge in [0.2, 0.25) is 0 Å². The summed E-state index contributed by atoms with van der Waals surface area (Å²) in [5.74, 6) is 0. The standard InChI is InChI=1S/C48H38P2.2BrH/c1-7-19-41(20-8-1)49(42-21-9-2-10-22-42,43-23-11-3-12-24-43)47-35-31-39(32-36-47)40-33-37-48(38-34-40)50(44-25-13-4-14-26-44,45-27-15-5-16-28-45)46-29-17-6-18-30-46;;/h1-38H;2*1H/q+2;;/p-2. The highest BCUT2D eigenvalue weighted by atomic mass is 79.9. The molecule has 0 bridgehead atoms. The molecular weight excluding hydrogens is 798 g/mol. The van der Waals surface area contributed by atoms with Crippen LogP contribution in [0.5, 0.6) is 0 Å². The molecule has 0 amide bonds. The van der Waals surface area contributed by atoms with Gasteiger partial charge in [-0.1, -0.05) is 133 Å². The van der Waals surface area contributed by atoms with Crippen molar-refractivity contribution < 1.29 is 34.0 Å². The van der Waals surface area contributed by atoms with Gasteiger partial charge in [0.25, 0.3) is 0 Å². The first kappa shape index (κ1) is 37.3. The Hall–Kier alpha value is -4.42. The van der Waals surface area contributed by atoms with Gasteiger partial charge in [-0.2, -0.15) is 0 Å². The van der Waals surface area contributed by atoms with Gasteiger partial charge < -0.3 is 34.0 Å². The van der Waals surface area contributed by atoms with E-state index in [1.165, 1.54) is 53.6 Å². The minimum atomic E-state index is -2.14. The van der Waals surface area contributed by atoms with Crippen molar-refractivity contribution in [2.45, 2.75) is 0 Å². The van der Waals surface area contributed by atoms with E-state index in [-0.39, 0.29) is 34.0 Å². The molecule has 0 aliphatic rings. The van der Waals surface area contributed by atoms with Crippen LogP contribution in [0.25, 0.3) is 11.1 Å². The van der Waals surface area contributed by atoms with E-state index in [1.807, 2.05) is 0 Å². The molecule has 0 spiro atoms. The highest BCUT2D eigenvalue weighted by Crippen LogP contribution is 2.55. The zero-order valence-electron chi connectivity index (χ0n) is 28.6. The third-order valence-electron chi connectivity index (χ3n) is 9.70. The van der Waals surface area contributed by atoms with Crippen LogP contribution in [0, 0.1) is 0 Å². The van der Waals surface area contributed by atoms with Crippen molar-refractivity contribution in [3.63, 3.8) is 0 Å². The number of hydrogen-bond acceptors (Lipinski definition) is 0. The first-order valence-corrected chi connectivity index (χ1v) is 20.7. The second-order valence-electron chi connectivity index (χ2n) is 12.4. The Bertz CT molecular complexity index is 1900. The normalized spacial score (nSPS) is 11.2. The number of hydrogen-bond donors (Lipinski definition) is 0. The first-order valence-electron chi connectivity index (χ1n) is 17.1. The van der Waals surface area contributed by atoms with Crippen molar-refractivity contribution >= 4 is 57.0 Å². The van der Waals surface area contributed by atoms with Crippen LogP contribution in [0.3, 0.4) is 0 Å². The SMILES string of the molecule is [Br-].[Br-].c1ccc([P+](c2ccccc2)(c2ccccc2)c2ccc(-c3ccc([P+](c4ccccc4)(c4ccccc4)c4ccccc4)cc3)cc2)cc1. The minimum Gasteiger partial charge on any atom is -1.00 e. The average Bonchev–Trinajstić information content (AvgIpc) is 3.22. The maximum absolute atomic E-state index is 2.37. The molecule has 0 aliphatic heterocycles. The van der Waals surface area contributed by atoms with E-state index in [4.69, 9.17) is 0 Å². The van der Waals surface area contributed by atoms with Gasteiger partial charge in [-0.05, 0) is 108 Å². The Labute approximate surface area is 330 Å². The molecule has 0 N–H and O–H groups in total. The number of halogens is 2. The molecule has 0 radical (unpaired) electrons. The van der Waals surface area contributed by atoms with Crippen LogP contribution < -0.4 is 76.4 Å². The molecular formula is C48H38Br2P2. The largest absolute Gasteiger partial charge is 1.00 e. The monoisotopic (exact) mass is 834 g/mol. The van der Waals surface area contributed by atoms with E-state index in [0.29, 0.717) is 0 Å². The Morgan fingerprint density at radius 1 is 0.173 bits per heavy atom. The lowest BCUT2D eigenvalue weighted by molar-refractivity contribution is -0.00100. The highest BCUT2D eigenvalue weighted by molar-refractivity contribution is 8.02. The van der Waals surface area contributed by atoms with E-state index in [0.717, 1.165) is 0 Å². The van der Waals surface area contributed by atoms with E-state index >= 15 is 0 Å². The molecule has 0 heterocycles. The summed E-state index contributed by atoms with van der Waals surface area (Å²) in [6.45, 7) is 0. The van der Waals surface area contributed by atoms with Crippen LogP contribution >= 0.6 is 14.5 Å². The summed E-state index contributed by atoms with van der Waals surface area (Å²) in [6, 6.07) is 85.3. The molecule has 0 fully saturated rings. The topological polar surface area (TPSA) is 0 Å². The molecule has 0 saturated carbocycles. The van der Waals surface area contributed by atoms with Crippen molar-refractivity contribution in [3.05, 3.63) is 231 Å². The smallest absolute Gasteiger partial charge is 0.144 e. The Kier molecular flexibility index (Phi) is 12.2. The molecule has 254 valence electrons. The molecule has 0 unspecified atom stereocenters. The van der Waals surface area contributed by atoms with Crippen molar-refractivity contribution in [2.75, 3.05) is 0 Å². The van der Waals surface area contributed by atoms with E-state index in [9.17, 15) is 0 Å². The van der Waals surface area contributed by atoms with Crippen molar-refractivity contribution in [1.82, 2.24) is 0 Å². The Balaban J connectivity index is 0.00000232. The predicted molar refractivity (Wildman–Crippen MR) is 221 cm³/mol. The maximum atomic E-state index is 2.37. The van der Waals surface area contributed by atoms with Crippen molar-refractivity contribution in [1.29, 1.82) is 0 Å². The van der Waals surface area contributed by atoms with E-state index in [1.54, 1.807) is 0 Å². The molecule has 4 heteroatoms. The van der Waals surface area contributed by atoms with Gasteiger partial charge in [0.15, 0.2) is 0 Å². The summed E-state index contributed by atoms with van der Waals surface area (Å²) in [4.78, 5) is 0. The Morgan fingerprint density at radius 2 is 0.327 bits per heavy atom. The molecule has 0 saturated heterocycles. The van der Waals surface area contributed by atoms with Gasteiger partial charge in [-0.3, -0.25) is 0 Å². The molecule has 52 heavy (non-hydrogen) atoms. The van der Waals surface area contributed by atoms with Crippen LogP contribution in [-0.2, 0) is 0 Å². The van der Waals surface area contributed by atoms with Crippen LogP contribution in [-0.4, -0.2) is 0 Å². The van der Waals surface area contributed by atoms with Crippen LogP contribution in [0.1, 0.15) is 0 Å². The lowest BCUT2D eigenvalue weighted by Crippen LogP contribution is -3.00. The predicted octanol–water partition coefficient (Wildman–Crippen LogP) is 2.60. The quantitative estimate of drug-likeness (QED) is 0.197. The molecule has 8 aromatic carbocycles. The van der Waals surface area contributed by atoms with E-state index in [2.05, 4.69) is 231 Å². The van der Waals surface area contributed by atoms with Crippen LogP contribution in [0.15, 0.2) is 231 Å². The van der Waals surface area contributed by atoms with Crippen molar-refractivity contribution in [2.24, 2.45) is 0 Å². The zero-order valence-corrected chi connectivity index (χ0v) is 33.6. The summed E-state index contributed by atoms with van der Waals surface area (Å²) < 4.78 is 0. The second kappa shape index (κ2) is 16.9. The molecule has 0 nitrogen and oxygen atoms in total. The van der Waals surface area contributed by atoms with Crippen LogP contribution in [0.2, 0.25) is 0 Å². The fourth-order valence-electron chi connectivity index (χ4n) is 7.45. The first-order chi connectivity index (χ1) is 24.8. The number of benzene rings is 8. The number of rotatable bonds is 9. The molecule has 0 atom stereocenters. The Morgan fingerprint density at radius 3 is 0.500 bits per heavy atom. The molecule has 0 aromatic heterocycles. The summed E-state index contributed by atoms with van der Waals surface area (Å²) in [6.07, 6.45) is 0. The van der Waals surface area contributed by atoms with Gasteiger partial charge >= 0.3 is 0 Å². The fraction of sp³-hybridized carbons (Fsp3) is 0. The van der Waals surface area contributed by atoms with Gasteiger partial charge in [0.1, 0.15) is 57.0 Å². The van der Waals surface area contributed by atoms with Crippen molar-refractivity contribution in [3.8, 4) is 11.1 Å². The lowest BCUT2D eigenvalue weighted by Gasteiger charge is -2.28. The fourth-order valence-corrected chi connectivity index (χ4v) is 15.9. The highest BCUT2D eigenvalue weighted by Gasteiger charge is 2.49.